The summed E-state index contributed by atoms with van der Waals surface area (Å²) in [5, 5.41) is 43.4. The topological polar surface area (TPSA) is 180 Å². The molecule has 0 spiro atoms. The molecule has 6 N–H and O–H groups in total. The van der Waals surface area contributed by atoms with E-state index in [1.54, 1.807) is 24.6 Å². The van der Waals surface area contributed by atoms with Crippen LogP contribution in [-0.2, 0) is 22.0 Å². The van der Waals surface area contributed by atoms with Crippen molar-refractivity contribution in [3.63, 3.8) is 0 Å². The molecule has 0 aliphatic carbocycles. The number of hydrogen-bond acceptors (Lipinski definition) is 12. The summed E-state index contributed by atoms with van der Waals surface area (Å²) >= 11 is 1.55. The molecular weight excluding hydrogens is 488 g/mol. The monoisotopic (exact) mass is 512 g/mol. The van der Waals surface area contributed by atoms with E-state index in [0.717, 1.165) is 20.7 Å². The number of aromatic nitrogens is 5. The Morgan fingerprint density at radius 3 is 2.81 bits per heavy atom. The fourth-order valence-electron chi connectivity index (χ4n) is 4.00. The van der Waals surface area contributed by atoms with E-state index in [2.05, 4.69) is 35.9 Å². The van der Waals surface area contributed by atoms with Crippen LogP contribution in [0.2, 0.25) is 0 Å². The van der Waals surface area contributed by atoms with E-state index < -0.39 is 30.1 Å². The summed E-state index contributed by atoms with van der Waals surface area (Å²) < 4.78 is 6.50. The molecule has 188 valence electrons. The Morgan fingerprint density at radius 1 is 1.25 bits per heavy atom. The zero-order valence-corrected chi connectivity index (χ0v) is 20.1. The molecule has 1 aromatic carbocycles. The molecule has 13 nitrogen and oxygen atoms in total. The largest absolute Gasteiger partial charge is 0.387 e. The van der Waals surface area contributed by atoms with Gasteiger partial charge in [0, 0.05) is 37.8 Å². The number of anilines is 2. The maximum atomic E-state index is 12.1. The summed E-state index contributed by atoms with van der Waals surface area (Å²) in [4.78, 5) is 29.5. The number of rotatable bonds is 7. The molecule has 0 radical (unpaired) electrons. The fourth-order valence-corrected chi connectivity index (χ4v) is 4.64. The number of nitrogens with zero attached hydrogens (tertiary/aromatic N) is 5. The summed E-state index contributed by atoms with van der Waals surface area (Å²) in [6.45, 7) is 0.405. The molecule has 4 atom stereocenters. The van der Waals surface area contributed by atoms with E-state index in [4.69, 9.17) is 4.74 Å². The molecule has 1 aliphatic heterocycles. The molecule has 36 heavy (non-hydrogen) atoms. The zero-order valence-electron chi connectivity index (χ0n) is 19.3. The predicted octanol–water partition coefficient (Wildman–Crippen LogP) is 0.0728. The predicted molar refractivity (Wildman–Crippen MR) is 131 cm³/mol. The van der Waals surface area contributed by atoms with Crippen LogP contribution in [0, 0.1) is 0 Å². The normalized spacial score (nSPS) is 23.6. The van der Waals surface area contributed by atoms with Gasteiger partial charge < -0.3 is 36.0 Å². The molecule has 0 unspecified atom stereocenters. The molecule has 14 heteroatoms. The molecule has 4 aromatic rings. The first kappa shape index (κ1) is 24.0. The molecule has 1 fully saturated rings. The molecule has 4 heterocycles. The van der Waals surface area contributed by atoms with Crippen molar-refractivity contribution < 1.29 is 24.9 Å². The maximum Gasteiger partial charge on any atom is 0.286 e. The van der Waals surface area contributed by atoms with E-state index in [0.29, 0.717) is 12.4 Å². The van der Waals surface area contributed by atoms with Crippen molar-refractivity contribution in [1.29, 1.82) is 0 Å². The molecule has 1 saturated heterocycles. The second-order valence-corrected chi connectivity index (χ2v) is 8.97. The number of imidazole rings is 1. The lowest BCUT2D eigenvalue weighted by atomic mass is 10.1. The number of likely N-dealkylation sites (N-methyl/N-ethyl adjacent to an activating group) is 1. The molecule has 1 aliphatic rings. The van der Waals surface area contributed by atoms with Crippen molar-refractivity contribution in [1.82, 2.24) is 29.8 Å². The quantitative estimate of drug-likeness (QED) is 0.197. The van der Waals surface area contributed by atoms with Gasteiger partial charge in [-0.3, -0.25) is 9.36 Å². The van der Waals surface area contributed by atoms with E-state index >= 15 is 0 Å². The van der Waals surface area contributed by atoms with E-state index in [1.165, 1.54) is 13.4 Å². The van der Waals surface area contributed by atoms with Gasteiger partial charge >= 0.3 is 0 Å². The number of fused-ring (bicyclic) bond motifs is 1. The van der Waals surface area contributed by atoms with Crippen molar-refractivity contribution in [3.05, 3.63) is 47.7 Å². The smallest absolute Gasteiger partial charge is 0.286 e. The Bertz CT molecular complexity index is 1400. The standard InChI is InChI=1S/C22H24N8O5S/c1-23-19(33)15-14(31)16(32)22(34,35-15)30-10-27-13-17(28-21(24-2)29-18(13)30)26-9-11-4-3-5-12(8-11)20-25-6-7-36-20/h3-8,10,14-16,31-32,34H,9H2,1-2H3,(H,23,33)(H2,24,26,28,29)/t14-,15+,16-,22+/m1/s1. The second kappa shape index (κ2) is 9.40. The Morgan fingerprint density at radius 2 is 2.08 bits per heavy atom. The third-order valence-electron chi connectivity index (χ3n) is 5.86. The van der Waals surface area contributed by atoms with Gasteiger partial charge in [0.25, 0.3) is 11.8 Å². The third kappa shape index (κ3) is 4.04. The molecule has 5 rings (SSSR count). The summed E-state index contributed by atoms with van der Waals surface area (Å²) in [6.07, 6.45) is -2.07. The average Bonchev–Trinajstić information content (AvgIpc) is 3.64. The number of carbonyl (C=O) groups excluding carboxylic acids is 1. The SMILES string of the molecule is CNC(=O)[C@H]1O[C@](O)(n2cnc3c(NCc4cccc(-c5nccs5)c4)nc(NC)nc32)[C@H](O)[C@@H]1O. The summed E-state index contributed by atoms with van der Waals surface area (Å²) in [5.74, 6) is -2.62. The maximum absolute atomic E-state index is 12.1. The molecule has 1 amide bonds. The summed E-state index contributed by atoms with van der Waals surface area (Å²) in [6, 6.07) is 7.92. The van der Waals surface area contributed by atoms with Crippen LogP contribution in [0.1, 0.15) is 5.56 Å². The van der Waals surface area contributed by atoms with Crippen molar-refractivity contribution in [3.8, 4) is 10.6 Å². The minimum atomic E-state index is -2.50. The van der Waals surface area contributed by atoms with Gasteiger partial charge in [0.2, 0.25) is 5.95 Å². The second-order valence-electron chi connectivity index (χ2n) is 8.07. The Kier molecular flexibility index (Phi) is 6.27. The van der Waals surface area contributed by atoms with Crippen LogP contribution < -0.4 is 16.0 Å². The van der Waals surface area contributed by atoms with Crippen molar-refractivity contribution in [2.45, 2.75) is 30.8 Å². The van der Waals surface area contributed by atoms with Gasteiger partial charge in [-0.15, -0.1) is 11.3 Å². The van der Waals surface area contributed by atoms with Crippen LogP contribution in [0.5, 0.6) is 0 Å². The van der Waals surface area contributed by atoms with Gasteiger partial charge in [-0.1, -0.05) is 18.2 Å². The van der Waals surface area contributed by atoms with Gasteiger partial charge in [0.15, 0.2) is 29.2 Å². The first-order valence-electron chi connectivity index (χ1n) is 11.0. The van der Waals surface area contributed by atoms with Gasteiger partial charge in [0.05, 0.1) is 0 Å². The number of aliphatic hydroxyl groups is 3. The Hall–Kier alpha value is -3.69. The lowest BCUT2D eigenvalue weighted by Crippen LogP contribution is -2.45. The Labute approximate surface area is 208 Å². The molecule has 0 saturated carbocycles. The van der Waals surface area contributed by atoms with Crippen molar-refractivity contribution >= 4 is 40.2 Å². The highest BCUT2D eigenvalue weighted by molar-refractivity contribution is 7.13. The molecular formula is C22H24N8O5S. The molecule has 3 aromatic heterocycles. The van der Waals surface area contributed by atoms with Gasteiger partial charge in [-0.2, -0.15) is 9.97 Å². The number of amides is 1. The number of aliphatic hydroxyl groups excluding tert-OH is 2. The average molecular weight is 513 g/mol. The lowest BCUT2D eigenvalue weighted by molar-refractivity contribution is -0.282. The highest BCUT2D eigenvalue weighted by Crippen LogP contribution is 2.36. The van der Waals surface area contributed by atoms with Crippen LogP contribution in [0.25, 0.3) is 21.7 Å². The van der Waals surface area contributed by atoms with Gasteiger partial charge in [-0.05, 0) is 11.6 Å². The van der Waals surface area contributed by atoms with E-state index in [-0.39, 0.29) is 17.1 Å². The highest BCUT2D eigenvalue weighted by atomic mass is 32.1. The first-order chi connectivity index (χ1) is 17.4. The lowest BCUT2D eigenvalue weighted by Gasteiger charge is -2.27. The Balaban J connectivity index is 1.47. The van der Waals surface area contributed by atoms with Crippen LogP contribution >= 0.6 is 11.3 Å². The fraction of sp³-hybridized carbons (Fsp3) is 0.318. The van der Waals surface area contributed by atoms with E-state index in [1.807, 2.05) is 29.6 Å². The van der Waals surface area contributed by atoms with Crippen molar-refractivity contribution in [2.75, 3.05) is 24.7 Å². The van der Waals surface area contributed by atoms with Crippen molar-refractivity contribution in [2.24, 2.45) is 0 Å². The van der Waals surface area contributed by atoms with Crippen LogP contribution in [0.4, 0.5) is 11.8 Å². The number of benzene rings is 1. The minimum absolute atomic E-state index is 0.111. The number of nitrogens with one attached hydrogen (secondary N) is 3. The van der Waals surface area contributed by atoms with Crippen LogP contribution in [-0.4, -0.2) is 78.1 Å². The number of carbonyl (C=O) groups is 1. The van der Waals surface area contributed by atoms with E-state index in [9.17, 15) is 20.1 Å². The number of hydrogen-bond donors (Lipinski definition) is 6. The number of thiazole rings is 1. The first-order valence-corrected chi connectivity index (χ1v) is 11.9. The van der Waals surface area contributed by atoms with Crippen LogP contribution in [0.3, 0.4) is 0 Å². The summed E-state index contributed by atoms with van der Waals surface area (Å²) in [5.41, 5.74) is 2.37. The highest BCUT2D eigenvalue weighted by Gasteiger charge is 2.58. The number of ether oxygens (including phenoxy) is 1. The van der Waals surface area contributed by atoms with Crippen LogP contribution in [0.15, 0.2) is 42.2 Å². The third-order valence-corrected chi connectivity index (χ3v) is 6.68. The minimum Gasteiger partial charge on any atom is -0.387 e. The van der Waals surface area contributed by atoms with Gasteiger partial charge in [-0.25, -0.2) is 9.97 Å². The van der Waals surface area contributed by atoms with Gasteiger partial charge in [0.1, 0.15) is 17.4 Å². The molecule has 0 bridgehead atoms. The summed E-state index contributed by atoms with van der Waals surface area (Å²) in [7, 11) is 2.98. The zero-order chi connectivity index (χ0) is 25.4.